The van der Waals surface area contributed by atoms with Crippen molar-refractivity contribution >= 4 is 11.6 Å². The van der Waals surface area contributed by atoms with Gasteiger partial charge in [0.25, 0.3) is 0 Å². The summed E-state index contributed by atoms with van der Waals surface area (Å²) in [5.74, 6) is -1.03. The van der Waals surface area contributed by atoms with Crippen molar-refractivity contribution in [3.63, 3.8) is 0 Å². The molecule has 13 heavy (non-hydrogen) atoms. The van der Waals surface area contributed by atoms with Crippen molar-refractivity contribution in [1.29, 1.82) is 0 Å². The second-order valence-corrected chi connectivity index (χ2v) is 4.67. The highest BCUT2D eigenvalue weighted by molar-refractivity contribution is 6.43. The molecular formula is C10H13FO2. The van der Waals surface area contributed by atoms with E-state index in [1.807, 2.05) is 0 Å². The Morgan fingerprint density at radius 2 is 2.08 bits per heavy atom. The molecule has 0 amide bonds. The van der Waals surface area contributed by atoms with Gasteiger partial charge in [0.15, 0.2) is 0 Å². The lowest BCUT2D eigenvalue weighted by Crippen LogP contribution is -2.36. The Balaban J connectivity index is 2.55. The van der Waals surface area contributed by atoms with Crippen molar-refractivity contribution in [2.45, 2.75) is 26.7 Å². The molecule has 2 nitrogen and oxygen atoms in total. The Morgan fingerprint density at radius 3 is 2.38 bits per heavy atom. The van der Waals surface area contributed by atoms with E-state index in [1.165, 1.54) is 0 Å². The lowest BCUT2D eigenvalue weighted by molar-refractivity contribution is -0.141. The Morgan fingerprint density at radius 1 is 1.46 bits per heavy atom. The highest BCUT2D eigenvalue weighted by atomic mass is 19.1. The van der Waals surface area contributed by atoms with E-state index in [0.717, 1.165) is 0 Å². The molecule has 3 atom stereocenters. The second kappa shape index (κ2) is 2.20. The minimum Gasteiger partial charge on any atom is -0.291 e. The van der Waals surface area contributed by atoms with Gasteiger partial charge in [0.05, 0.1) is 6.67 Å². The van der Waals surface area contributed by atoms with E-state index in [-0.39, 0.29) is 17.5 Å². The Bertz CT molecular complexity index is 299. The van der Waals surface area contributed by atoms with Crippen LogP contribution < -0.4 is 0 Å². The van der Waals surface area contributed by atoms with Gasteiger partial charge in [-0.05, 0) is 12.8 Å². The van der Waals surface area contributed by atoms with Gasteiger partial charge in [-0.2, -0.15) is 0 Å². The third kappa shape index (κ3) is 0.697. The van der Waals surface area contributed by atoms with E-state index in [4.69, 9.17) is 0 Å². The molecule has 2 rings (SSSR count). The molecule has 3 heteroatoms. The van der Waals surface area contributed by atoms with Crippen molar-refractivity contribution < 1.29 is 14.0 Å². The fourth-order valence-corrected chi connectivity index (χ4v) is 2.89. The zero-order chi connectivity index (χ0) is 9.85. The number of carbonyl (C=O) groups excluding carboxylic acids is 2. The molecule has 2 saturated carbocycles. The average Bonchev–Trinajstić information content (AvgIpc) is 2.44. The molecular weight excluding hydrogens is 171 g/mol. The molecule has 0 spiro atoms. The summed E-state index contributed by atoms with van der Waals surface area (Å²) in [5, 5.41) is 0. The zero-order valence-electron chi connectivity index (χ0n) is 7.89. The van der Waals surface area contributed by atoms with Crippen LogP contribution in [0, 0.1) is 16.7 Å². The zero-order valence-corrected chi connectivity index (χ0v) is 7.89. The van der Waals surface area contributed by atoms with Crippen LogP contribution in [0.25, 0.3) is 0 Å². The lowest BCUT2D eigenvalue weighted by Gasteiger charge is -2.32. The maximum absolute atomic E-state index is 12.9. The number of fused-ring (bicyclic) bond motifs is 2. The van der Waals surface area contributed by atoms with Crippen LogP contribution in [0.3, 0.4) is 0 Å². The molecule has 2 aliphatic rings. The van der Waals surface area contributed by atoms with Crippen LogP contribution in [-0.2, 0) is 9.59 Å². The van der Waals surface area contributed by atoms with Gasteiger partial charge in [0.2, 0.25) is 11.6 Å². The molecule has 0 radical (unpaired) electrons. The average molecular weight is 184 g/mol. The first-order chi connectivity index (χ1) is 5.97. The molecule has 2 fully saturated rings. The van der Waals surface area contributed by atoms with Crippen molar-refractivity contribution in [2.75, 3.05) is 6.67 Å². The molecule has 0 N–H and O–H groups in total. The van der Waals surface area contributed by atoms with Gasteiger partial charge >= 0.3 is 0 Å². The van der Waals surface area contributed by atoms with Crippen LogP contribution in [0.15, 0.2) is 0 Å². The quantitative estimate of drug-likeness (QED) is 0.579. The van der Waals surface area contributed by atoms with Gasteiger partial charge in [-0.1, -0.05) is 13.8 Å². The molecule has 0 unspecified atom stereocenters. The van der Waals surface area contributed by atoms with Crippen LogP contribution in [0.4, 0.5) is 4.39 Å². The molecule has 0 aromatic rings. The maximum atomic E-state index is 12.9. The number of hydrogen-bond donors (Lipinski definition) is 0. The predicted octanol–water partition coefficient (Wildman–Crippen LogP) is 1.53. The number of Topliss-reactive ketones (excluding diaryl/α,β-unsaturated/α-hetero) is 2. The van der Waals surface area contributed by atoms with E-state index in [1.54, 1.807) is 13.8 Å². The summed E-state index contributed by atoms with van der Waals surface area (Å²) in [6, 6.07) is 0. The fraction of sp³-hybridized carbons (Fsp3) is 0.800. The molecule has 72 valence electrons. The van der Waals surface area contributed by atoms with Gasteiger partial charge < -0.3 is 0 Å². The minimum atomic E-state index is -0.721. The van der Waals surface area contributed by atoms with E-state index in [9.17, 15) is 14.0 Å². The number of carbonyl (C=O) groups is 2. The summed E-state index contributed by atoms with van der Waals surface area (Å²) in [7, 11) is 0. The molecule has 0 aromatic heterocycles. The van der Waals surface area contributed by atoms with Crippen LogP contribution in [0.5, 0.6) is 0 Å². The normalized spacial score (nSPS) is 49.0. The molecule has 0 saturated heterocycles. The smallest absolute Gasteiger partial charge is 0.205 e. The van der Waals surface area contributed by atoms with Crippen LogP contribution in [-0.4, -0.2) is 18.2 Å². The Hall–Kier alpha value is -0.730. The summed E-state index contributed by atoms with van der Waals surface area (Å²) in [6.45, 7) is 2.90. The SMILES string of the molecule is C[C@]12CC[C@@H](C(=O)C1=O)[C@@]2(C)CF. The predicted molar refractivity (Wildman–Crippen MR) is 44.9 cm³/mol. The minimum absolute atomic E-state index is 0.339. The first kappa shape index (κ1) is 8.85. The fourth-order valence-electron chi connectivity index (χ4n) is 2.89. The summed E-state index contributed by atoms with van der Waals surface area (Å²) >= 11 is 0. The highest BCUT2D eigenvalue weighted by Gasteiger charge is 2.68. The molecule has 2 bridgehead atoms. The first-order valence-corrected chi connectivity index (χ1v) is 4.62. The molecule has 0 aliphatic heterocycles. The van der Waals surface area contributed by atoms with Crippen molar-refractivity contribution in [2.24, 2.45) is 16.7 Å². The molecule has 0 heterocycles. The van der Waals surface area contributed by atoms with E-state index < -0.39 is 17.5 Å². The van der Waals surface area contributed by atoms with Crippen molar-refractivity contribution in [3.05, 3.63) is 0 Å². The number of ketones is 2. The largest absolute Gasteiger partial charge is 0.291 e. The van der Waals surface area contributed by atoms with Gasteiger partial charge in [-0.3, -0.25) is 14.0 Å². The molecule has 2 aliphatic carbocycles. The topological polar surface area (TPSA) is 34.1 Å². The first-order valence-electron chi connectivity index (χ1n) is 4.62. The summed E-state index contributed by atoms with van der Waals surface area (Å²) in [6.07, 6.45) is 1.35. The monoisotopic (exact) mass is 184 g/mol. The summed E-state index contributed by atoms with van der Waals surface area (Å²) in [4.78, 5) is 23.0. The van der Waals surface area contributed by atoms with Gasteiger partial charge in [-0.25, -0.2) is 0 Å². The summed E-state index contributed by atoms with van der Waals surface area (Å²) < 4.78 is 12.9. The number of halogens is 1. The standard InChI is InChI=1S/C10H13FO2/c1-9-4-3-6(7(12)8(9)13)10(9,2)5-11/h6H,3-5H2,1-2H3/t6-,9-,10+/m0/s1. The Kier molecular flexibility index (Phi) is 1.49. The third-order valence-electron chi connectivity index (χ3n) is 4.28. The van der Waals surface area contributed by atoms with Crippen LogP contribution >= 0.6 is 0 Å². The van der Waals surface area contributed by atoms with Gasteiger partial charge in [-0.15, -0.1) is 0 Å². The van der Waals surface area contributed by atoms with E-state index in [0.29, 0.717) is 12.8 Å². The van der Waals surface area contributed by atoms with Crippen molar-refractivity contribution in [3.8, 4) is 0 Å². The Labute approximate surface area is 76.5 Å². The highest BCUT2D eigenvalue weighted by Crippen LogP contribution is 2.62. The number of hydrogen-bond acceptors (Lipinski definition) is 2. The van der Waals surface area contributed by atoms with Crippen LogP contribution in [0.1, 0.15) is 26.7 Å². The third-order valence-corrected chi connectivity index (χ3v) is 4.28. The van der Waals surface area contributed by atoms with Crippen LogP contribution in [0.2, 0.25) is 0 Å². The number of rotatable bonds is 1. The van der Waals surface area contributed by atoms with E-state index in [2.05, 4.69) is 0 Å². The van der Waals surface area contributed by atoms with Gasteiger partial charge in [0.1, 0.15) is 0 Å². The summed E-state index contributed by atoms with van der Waals surface area (Å²) in [5.41, 5.74) is -1.44. The van der Waals surface area contributed by atoms with Crippen molar-refractivity contribution in [1.82, 2.24) is 0 Å². The molecule has 0 aromatic carbocycles. The van der Waals surface area contributed by atoms with E-state index >= 15 is 0 Å². The number of alkyl halides is 1. The second-order valence-electron chi connectivity index (χ2n) is 4.67. The van der Waals surface area contributed by atoms with Gasteiger partial charge in [0, 0.05) is 16.7 Å². The lowest BCUT2D eigenvalue weighted by atomic mass is 9.70. The maximum Gasteiger partial charge on any atom is 0.205 e.